The summed E-state index contributed by atoms with van der Waals surface area (Å²) in [4.78, 5) is 2.55. The van der Waals surface area contributed by atoms with E-state index in [0.29, 0.717) is 18.4 Å². The largest absolute Gasteiger partial charge is 0.493 e. The summed E-state index contributed by atoms with van der Waals surface area (Å²) in [5, 5.41) is 0. The number of ether oxygens (including phenoxy) is 3. The van der Waals surface area contributed by atoms with E-state index in [2.05, 4.69) is 35.2 Å². The van der Waals surface area contributed by atoms with Crippen LogP contribution in [0.15, 0.2) is 72.8 Å². The predicted octanol–water partition coefficient (Wildman–Crippen LogP) is 6.09. The number of halogens is 2. The molecule has 6 heteroatoms. The molecule has 0 aliphatic carbocycles. The molecule has 2 heterocycles. The molecule has 0 amide bonds. The first-order valence-corrected chi connectivity index (χ1v) is 11.8. The second-order valence-corrected chi connectivity index (χ2v) is 8.92. The van der Waals surface area contributed by atoms with Gasteiger partial charge in [-0.25, -0.2) is 4.39 Å². The van der Waals surface area contributed by atoms with Crippen molar-refractivity contribution in [2.45, 2.75) is 25.2 Å². The van der Waals surface area contributed by atoms with Crippen molar-refractivity contribution in [1.29, 1.82) is 0 Å². The first-order valence-electron chi connectivity index (χ1n) is 11.8. The Kier molecular flexibility index (Phi) is 8.30. The Bertz CT molecular complexity index is 1050. The molecule has 4 nitrogen and oxygen atoms in total. The van der Waals surface area contributed by atoms with Crippen molar-refractivity contribution in [3.05, 3.63) is 89.7 Å². The van der Waals surface area contributed by atoms with E-state index < -0.39 is 0 Å². The standard InChI is InChI=1S/C28H30FNO3.ClH/c29-24-10-8-22(9-11-24)26-14-16-30(15-4-7-21-5-2-1-3-6-21)18-23(26)19-31-25-12-13-27-28(17-25)33-20-32-27;/h1-3,5-6,8-13,17,23,26H,4,7,14-16,18-20H2;1H/t23-,26-;/m1./s1. The third-order valence-corrected chi connectivity index (χ3v) is 6.71. The van der Waals surface area contributed by atoms with Crippen LogP contribution in [0.2, 0.25) is 0 Å². The maximum atomic E-state index is 13.5. The fourth-order valence-corrected chi connectivity index (χ4v) is 4.95. The Hall–Kier alpha value is -2.76. The van der Waals surface area contributed by atoms with Gasteiger partial charge in [0, 0.05) is 18.5 Å². The minimum atomic E-state index is -0.190. The summed E-state index contributed by atoms with van der Waals surface area (Å²) in [6, 6.07) is 23.4. The van der Waals surface area contributed by atoms with Crippen LogP contribution in [0.1, 0.15) is 29.9 Å². The second kappa shape index (κ2) is 11.6. The Labute approximate surface area is 207 Å². The Balaban J connectivity index is 0.00000274. The third-order valence-electron chi connectivity index (χ3n) is 6.71. The van der Waals surface area contributed by atoms with Gasteiger partial charge in [-0.3, -0.25) is 0 Å². The molecule has 0 bridgehead atoms. The van der Waals surface area contributed by atoms with Gasteiger partial charge < -0.3 is 19.1 Å². The van der Waals surface area contributed by atoms with Crippen LogP contribution >= 0.6 is 12.4 Å². The van der Waals surface area contributed by atoms with Crippen molar-refractivity contribution >= 4 is 12.4 Å². The summed E-state index contributed by atoms with van der Waals surface area (Å²) < 4.78 is 30.6. The molecule has 2 atom stereocenters. The van der Waals surface area contributed by atoms with Crippen LogP contribution in [0, 0.1) is 11.7 Å². The van der Waals surface area contributed by atoms with Crippen LogP contribution < -0.4 is 14.2 Å². The summed E-state index contributed by atoms with van der Waals surface area (Å²) in [6.07, 6.45) is 3.28. The molecule has 0 N–H and O–H groups in total. The van der Waals surface area contributed by atoms with Crippen molar-refractivity contribution < 1.29 is 18.6 Å². The van der Waals surface area contributed by atoms with E-state index in [0.717, 1.165) is 56.1 Å². The van der Waals surface area contributed by atoms with E-state index in [1.807, 2.05) is 30.3 Å². The van der Waals surface area contributed by atoms with Crippen LogP contribution in [0.5, 0.6) is 17.2 Å². The monoisotopic (exact) mass is 483 g/mol. The molecule has 180 valence electrons. The first kappa shape index (κ1) is 24.4. The fourth-order valence-electron chi connectivity index (χ4n) is 4.95. The molecule has 0 spiro atoms. The number of likely N-dealkylation sites (tertiary alicyclic amines) is 1. The number of hydrogen-bond acceptors (Lipinski definition) is 4. The molecule has 1 fully saturated rings. The van der Waals surface area contributed by atoms with Gasteiger partial charge in [0.25, 0.3) is 0 Å². The molecular formula is C28H31ClFNO3. The number of nitrogens with zero attached hydrogens (tertiary/aromatic N) is 1. The van der Waals surface area contributed by atoms with Gasteiger partial charge in [0.2, 0.25) is 6.79 Å². The number of benzene rings is 3. The smallest absolute Gasteiger partial charge is 0.231 e. The van der Waals surface area contributed by atoms with Gasteiger partial charge in [-0.2, -0.15) is 0 Å². The second-order valence-electron chi connectivity index (χ2n) is 8.92. The SMILES string of the molecule is Cl.Fc1ccc([C@H]2CCN(CCCc3ccccc3)C[C@@H]2COc2ccc3c(c2)OCO3)cc1. The van der Waals surface area contributed by atoms with Crippen LogP contribution in [0.3, 0.4) is 0 Å². The number of aryl methyl sites for hydroxylation is 1. The minimum Gasteiger partial charge on any atom is -0.493 e. The van der Waals surface area contributed by atoms with Crippen LogP contribution in [0.25, 0.3) is 0 Å². The van der Waals surface area contributed by atoms with E-state index in [1.54, 1.807) is 12.1 Å². The molecule has 0 saturated carbocycles. The van der Waals surface area contributed by atoms with Gasteiger partial charge >= 0.3 is 0 Å². The molecule has 0 unspecified atom stereocenters. The van der Waals surface area contributed by atoms with Crippen molar-refractivity contribution in [1.82, 2.24) is 4.90 Å². The Morgan fingerprint density at radius 3 is 2.56 bits per heavy atom. The fraction of sp³-hybridized carbons (Fsp3) is 0.357. The normalized spacial score (nSPS) is 19.4. The van der Waals surface area contributed by atoms with Crippen molar-refractivity contribution in [2.75, 3.05) is 33.0 Å². The topological polar surface area (TPSA) is 30.9 Å². The van der Waals surface area contributed by atoms with Crippen molar-refractivity contribution in [2.24, 2.45) is 5.92 Å². The lowest BCUT2D eigenvalue weighted by molar-refractivity contribution is 0.110. The number of hydrogen-bond donors (Lipinski definition) is 0. The lowest BCUT2D eigenvalue weighted by Crippen LogP contribution is -2.42. The average Bonchev–Trinajstić information content (AvgIpc) is 3.32. The van der Waals surface area contributed by atoms with Gasteiger partial charge in [-0.1, -0.05) is 42.5 Å². The summed E-state index contributed by atoms with van der Waals surface area (Å²) in [5.74, 6) is 2.77. The molecule has 1 saturated heterocycles. The molecular weight excluding hydrogens is 453 g/mol. The van der Waals surface area contributed by atoms with E-state index in [-0.39, 0.29) is 25.0 Å². The zero-order valence-electron chi connectivity index (χ0n) is 19.2. The van der Waals surface area contributed by atoms with Crippen LogP contribution in [-0.4, -0.2) is 37.9 Å². The first-order chi connectivity index (χ1) is 16.2. The molecule has 3 aromatic carbocycles. The van der Waals surface area contributed by atoms with Crippen molar-refractivity contribution in [3.63, 3.8) is 0 Å². The summed E-state index contributed by atoms with van der Waals surface area (Å²) >= 11 is 0. The summed E-state index contributed by atoms with van der Waals surface area (Å²) in [6.45, 7) is 3.97. The van der Waals surface area contributed by atoms with E-state index >= 15 is 0 Å². The molecule has 0 radical (unpaired) electrons. The van der Waals surface area contributed by atoms with Gasteiger partial charge in [-0.05, 0) is 73.7 Å². The quantitative estimate of drug-likeness (QED) is 0.387. The predicted molar refractivity (Wildman–Crippen MR) is 134 cm³/mol. The molecule has 2 aliphatic heterocycles. The summed E-state index contributed by atoms with van der Waals surface area (Å²) in [7, 11) is 0. The number of rotatable bonds is 8. The summed E-state index contributed by atoms with van der Waals surface area (Å²) in [5.41, 5.74) is 2.58. The van der Waals surface area contributed by atoms with E-state index in [4.69, 9.17) is 14.2 Å². The molecule has 5 rings (SSSR count). The molecule has 2 aliphatic rings. The van der Waals surface area contributed by atoms with E-state index in [9.17, 15) is 4.39 Å². The molecule has 34 heavy (non-hydrogen) atoms. The molecule has 0 aromatic heterocycles. The third kappa shape index (κ3) is 6.02. The van der Waals surface area contributed by atoms with Crippen LogP contribution in [0.4, 0.5) is 4.39 Å². The lowest BCUT2D eigenvalue weighted by Gasteiger charge is -2.39. The van der Waals surface area contributed by atoms with Gasteiger partial charge in [0.1, 0.15) is 11.6 Å². The maximum Gasteiger partial charge on any atom is 0.231 e. The highest BCUT2D eigenvalue weighted by Crippen LogP contribution is 2.37. The van der Waals surface area contributed by atoms with E-state index in [1.165, 1.54) is 11.1 Å². The average molecular weight is 484 g/mol. The van der Waals surface area contributed by atoms with Gasteiger partial charge in [0.15, 0.2) is 11.5 Å². The molecule has 3 aromatic rings. The number of piperidine rings is 1. The highest BCUT2D eigenvalue weighted by atomic mass is 35.5. The zero-order valence-corrected chi connectivity index (χ0v) is 20.0. The Morgan fingerprint density at radius 2 is 1.74 bits per heavy atom. The highest BCUT2D eigenvalue weighted by Gasteiger charge is 2.31. The lowest BCUT2D eigenvalue weighted by atomic mass is 9.80. The minimum absolute atomic E-state index is 0. The van der Waals surface area contributed by atoms with Crippen molar-refractivity contribution in [3.8, 4) is 17.2 Å². The van der Waals surface area contributed by atoms with Gasteiger partial charge in [-0.15, -0.1) is 12.4 Å². The van der Waals surface area contributed by atoms with Gasteiger partial charge in [0.05, 0.1) is 6.61 Å². The zero-order chi connectivity index (χ0) is 22.5. The Morgan fingerprint density at radius 1 is 0.941 bits per heavy atom. The van der Waals surface area contributed by atoms with Crippen LogP contribution in [-0.2, 0) is 6.42 Å². The highest BCUT2D eigenvalue weighted by molar-refractivity contribution is 5.85. The number of fused-ring (bicyclic) bond motifs is 1. The maximum absolute atomic E-state index is 13.5.